The van der Waals surface area contributed by atoms with Gasteiger partial charge >= 0.3 is 7.12 Å². The number of rotatable bonds is 1. The fourth-order valence-electron chi connectivity index (χ4n) is 2.05. The molecule has 0 radical (unpaired) electrons. The van der Waals surface area contributed by atoms with Crippen LogP contribution in [0.5, 0.6) is 0 Å². The third kappa shape index (κ3) is 1.84. The van der Waals surface area contributed by atoms with Crippen LogP contribution < -0.4 is 5.46 Å². The van der Waals surface area contributed by atoms with Crippen LogP contribution in [0.1, 0.15) is 27.7 Å². The highest BCUT2D eigenvalue weighted by Gasteiger charge is 2.51. The molecule has 0 saturated carbocycles. The molecule has 0 spiro atoms. The lowest BCUT2D eigenvalue weighted by Crippen LogP contribution is -2.41. The molecule has 3 heterocycles. The fraction of sp³-hybridized carbons (Fsp3) is 0.583. The summed E-state index contributed by atoms with van der Waals surface area (Å²) >= 11 is 0. The third-order valence-corrected chi connectivity index (χ3v) is 3.99. The summed E-state index contributed by atoms with van der Waals surface area (Å²) in [5.41, 5.74) is 1.66. The number of fused-ring (bicyclic) bond motifs is 1. The summed E-state index contributed by atoms with van der Waals surface area (Å²) in [4.78, 5) is 4.36. The summed E-state index contributed by atoms with van der Waals surface area (Å²) < 4.78 is 13.6. The van der Waals surface area contributed by atoms with E-state index in [1.807, 2.05) is 40.8 Å². The monoisotopic (exact) mass is 260 g/mol. The molecule has 2 aromatic rings. The zero-order chi connectivity index (χ0) is 13.8. The van der Waals surface area contributed by atoms with Crippen molar-refractivity contribution < 1.29 is 9.31 Å². The van der Waals surface area contributed by atoms with E-state index in [9.17, 15) is 0 Å². The zero-order valence-corrected chi connectivity index (χ0v) is 11.8. The fourth-order valence-corrected chi connectivity index (χ4v) is 2.05. The standard InChI is InChI=1S/C12H17BN4O2/c1-11(2)12(3,4)19-13(18-11)8-6-9-10(14-7-8)17(5)16-15-9/h6-7H,1-5H3. The van der Waals surface area contributed by atoms with Gasteiger partial charge in [0.2, 0.25) is 0 Å². The van der Waals surface area contributed by atoms with Gasteiger partial charge in [-0.05, 0) is 33.8 Å². The lowest BCUT2D eigenvalue weighted by molar-refractivity contribution is 0.00578. The Labute approximate surface area is 112 Å². The normalized spacial score (nSPS) is 21.2. The minimum absolute atomic E-state index is 0.352. The third-order valence-electron chi connectivity index (χ3n) is 3.99. The molecule has 0 bridgehead atoms. The zero-order valence-electron chi connectivity index (χ0n) is 11.8. The SMILES string of the molecule is Cn1nnc2cc(B3OC(C)(C)C(C)(C)O3)cnc21. The molecule has 0 amide bonds. The first-order chi connectivity index (χ1) is 8.80. The van der Waals surface area contributed by atoms with Crippen LogP contribution >= 0.6 is 0 Å². The van der Waals surface area contributed by atoms with Crippen LogP contribution in [0.25, 0.3) is 11.2 Å². The summed E-state index contributed by atoms with van der Waals surface area (Å²) in [7, 11) is 1.40. The molecule has 0 unspecified atom stereocenters. The maximum atomic E-state index is 5.99. The van der Waals surface area contributed by atoms with Gasteiger partial charge < -0.3 is 9.31 Å². The molecule has 0 aliphatic carbocycles. The summed E-state index contributed by atoms with van der Waals surface area (Å²) in [6.45, 7) is 8.12. The first-order valence-electron chi connectivity index (χ1n) is 6.31. The van der Waals surface area contributed by atoms with E-state index >= 15 is 0 Å². The van der Waals surface area contributed by atoms with Crippen molar-refractivity contribution in [3.63, 3.8) is 0 Å². The van der Waals surface area contributed by atoms with Gasteiger partial charge in [-0.2, -0.15) is 0 Å². The van der Waals surface area contributed by atoms with E-state index in [2.05, 4.69) is 15.3 Å². The predicted octanol–water partition coefficient (Wildman–Crippen LogP) is 0.662. The van der Waals surface area contributed by atoms with Crippen LogP contribution in [0.2, 0.25) is 0 Å². The van der Waals surface area contributed by atoms with Gasteiger partial charge in [-0.3, -0.25) is 0 Å². The van der Waals surface area contributed by atoms with Crippen molar-refractivity contribution in [2.24, 2.45) is 7.05 Å². The van der Waals surface area contributed by atoms with Crippen molar-refractivity contribution in [1.82, 2.24) is 20.0 Å². The van der Waals surface area contributed by atoms with Crippen LogP contribution in [-0.2, 0) is 16.4 Å². The Bertz CT molecular complexity index is 622. The molecule has 1 aliphatic rings. The van der Waals surface area contributed by atoms with Gasteiger partial charge in [-0.25, -0.2) is 9.67 Å². The Kier molecular flexibility index (Phi) is 2.49. The van der Waals surface area contributed by atoms with Crippen molar-refractivity contribution in [2.75, 3.05) is 0 Å². The Morgan fingerprint density at radius 2 is 1.79 bits per heavy atom. The molecule has 0 aromatic carbocycles. The molecule has 0 N–H and O–H groups in total. The van der Waals surface area contributed by atoms with E-state index in [4.69, 9.17) is 9.31 Å². The molecule has 3 rings (SSSR count). The highest BCUT2D eigenvalue weighted by atomic mass is 16.7. The predicted molar refractivity (Wildman–Crippen MR) is 72.0 cm³/mol. The number of pyridine rings is 1. The maximum Gasteiger partial charge on any atom is 0.496 e. The second-order valence-electron chi connectivity index (χ2n) is 5.91. The van der Waals surface area contributed by atoms with Crippen molar-refractivity contribution >= 4 is 23.7 Å². The Balaban J connectivity index is 1.98. The van der Waals surface area contributed by atoms with Crippen LogP contribution in [-0.4, -0.2) is 38.3 Å². The smallest absolute Gasteiger partial charge is 0.399 e. The lowest BCUT2D eigenvalue weighted by atomic mass is 9.80. The van der Waals surface area contributed by atoms with Crippen molar-refractivity contribution in [3.8, 4) is 0 Å². The molecule has 0 atom stereocenters. The van der Waals surface area contributed by atoms with Gasteiger partial charge in [0.1, 0.15) is 5.52 Å². The molecular formula is C12H17BN4O2. The van der Waals surface area contributed by atoms with Gasteiger partial charge in [0, 0.05) is 18.7 Å². The number of hydrogen-bond acceptors (Lipinski definition) is 5. The van der Waals surface area contributed by atoms with Gasteiger partial charge in [-0.1, -0.05) is 5.21 Å². The van der Waals surface area contributed by atoms with E-state index in [-0.39, 0.29) is 11.2 Å². The van der Waals surface area contributed by atoms with Gasteiger partial charge in [-0.15, -0.1) is 5.10 Å². The molecule has 6 nitrogen and oxygen atoms in total. The number of aryl methyl sites for hydroxylation is 1. The molecule has 1 saturated heterocycles. The van der Waals surface area contributed by atoms with Crippen molar-refractivity contribution in [2.45, 2.75) is 38.9 Å². The van der Waals surface area contributed by atoms with E-state index in [1.165, 1.54) is 0 Å². The van der Waals surface area contributed by atoms with Crippen molar-refractivity contribution in [3.05, 3.63) is 12.3 Å². The lowest BCUT2D eigenvalue weighted by Gasteiger charge is -2.32. The Hall–Kier alpha value is -1.47. The maximum absolute atomic E-state index is 5.99. The van der Waals surface area contributed by atoms with Gasteiger partial charge in [0.05, 0.1) is 11.2 Å². The molecule has 7 heteroatoms. The second kappa shape index (κ2) is 3.77. The number of aromatic nitrogens is 4. The molecule has 1 fully saturated rings. The first-order valence-corrected chi connectivity index (χ1v) is 6.31. The molecule has 19 heavy (non-hydrogen) atoms. The van der Waals surface area contributed by atoms with E-state index in [0.717, 1.165) is 16.6 Å². The second-order valence-corrected chi connectivity index (χ2v) is 5.91. The van der Waals surface area contributed by atoms with Crippen LogP contribution in [0.3, 0.4) is 0 Å². The average Bonchev–Trinajstić information content (AvgIpc) is 2.78. The summed E-state index contributed by atoms with van der Waals surface area (Å²) in [5.74, 6) is 0. The van der Waals surface area contributed by atoms with Crippen LogP contribution in [0.15, 0.2) is 12.3 Å². The highest BCUT2D eigenvalue weighted by Crippen LogP contribution is 2.36. The van der Waals surface area contributed by atoms with E-state index in [1.54, 1.807) is 10.9 Å². The van der Waals surface area contributed by atoms with Gasteiger partial charge in [0.25, 0.3) is 0 Å². The van der Waals surface area contributed by atoms with Crippen LogP contribution in [0, 0.1) is 0 Å². The molecule has 1 aliphatic heterocycles. The van der Waals surface area contributed by atoms with Crippen molar-refractivity contribution in [1.29, 1.82) is 0 Å². The van der Waals surface area contributed by atoms with E-state index in [0.29, 0.717) is 0 Å². The quantitative estimate of drug-likeness (QED) is 0.705. The Morgan fingerprint density at radius 1 is 1.16 bits per heavy atom. The number of hydrogen-bond donors (Lipinski definition) is 0. The summed E-state index contributed by atoms with van der Waals surface area (Å²) in [6.07, 6.45) is 1.76. The highest BCUT2D eigenvalue weighted by molar-refractivity contribution is 6.62. The first kappa shape index (κ1) is 12.6. The Morgan fingerprint density at radius 3 is 2.42 bits per heavy atom. The van der Waals surface area contributed by atoms with Crippen LogP contribution in [0.4, 0.5) is 0 Å². The molecule has 100 valence electrons. The van der Waals surface area contributed by atoms with E-state index < -0.39 is 7.12 Å². The van der Waals surface area contributed by atoms with Gasteiger partial charge in [0.15, 0.2) is 5.65 Å². The minimum atomic E-state index is -0.413. The topological polar surface area (TPSA) is 62.1 Å². The number of nitrogens with zero attached hydrogens (tertiary/aromatic N) is 4. The minimum Gasteiger partial charge on any atom is -0.399 e. The summed E-state index contributed by atoms with van der Waals surface area (Å²) in [5, 5.41) is 8.01. The molecule has 2 aromatic heterocycles. The molecular weight excluding hydrogens is 243 g/mol. The largest absolute Gasteiger partial charge is 0.496 e. The summed E-state index contributed by atoms with van der Waals surface area (Å²) in [6, 6.07) is 1.91. The average molecular weight is 260 g/mol.